The maximum atomic E-state index is 6.43. The van der Waals surface area contributed by atoms with E-state index in [2.05, 4.69) is 71.8 Å². The third-order valence-electron chi connectivity index (χ3n) is 4.44. The highest BCUT2D eigenvalue weighted by Gasteiger charge is 2.32. The Kier molecular flexibility index (Phi) is 5.99. The average Bonchev–Trinajstić information content (AvgIpc) is 2.41. The number of piperidine rings is 1. The molecular formula is C16H24ClIN2. The van der Waals surface area contributed by atoms with Crippen LogP contribution in [0.3, 0.4) is 0 Å². The Hall–Kier alpha value is -0.0000000000000000555. The Morgan fingerprint density at radius 1 is 1.40 bits per heavy atom. The van der Waals surface area contributed by atoms with E-state index in [9.17, 15) is 0 Å². The smallest absolute Gasteiger partial charge is 0.0650 e. The first-order valence-electron chi connectivity index (χ1n) is 7.49. The molecule has 3 unspecified atom stereocenters. The molecule has 1 aliphatic heterocycles. The summed E-state index contributed by atoms with van der Waals surface area (Å²) in [6.07, 6.45) is 2.39. The first-order chi connectivity index (χ1) is 9.54. The second-order valence-corrected chi connectivity index (χ2v) is 7.39. The molecule has 0 radical (unpaired) electrons. The van der Waals surface area contributed by atoms with Gasteiger partial charge in [0.1, 0.15) is 0 Å². The van der Waals surface area contributed by atoms with Crippen LogP contribution in [0.25, 0.3) is 0 Å². The summed E-state index contributed by atoms with van der Waals surface area (Å²) in [7, 11) is 0. The van der Waals surface area contributed by atoms with E-state index < -0.39 is 0 Å². The summed E-state index contributed by atoms with van der Waals surface area (Å²) >= 11 is 8.74. The largest absolute Gasteiger partial charge is 0.367 e. The Bertz CT molecular complexity index is 452. The molecule has 4 heteroatoms. The lowest BCUT2D eigenvalue weighted by Crippen LogP contribution is -2.53. The zero-order valence-corrected chi connectivity index (χ0v) is 15.4. The number of halogens is 2. The van der Waals surface area contributed by atoms with Crippen molar-refractivity contribution in [3.8, 4) is 0 Å². The van der Waals surface area contributed by atoms with Crippen molar-refractivity contribution in [1.29, 1.82) is 0 Å². The zero-order valence-electron chi connectivity index (χ0n) is 12.5. The Balaban J connectivity index is 2.11. The van der Waals surface area contributed by atoms with Gasteiger partial charge in [-0.25, -0.2) is 0 Å². The lowest BCUT2D eigenvalue weighted by atomic mass is 9.86. The molecule has 20 heavy (non-hydrogen) atoms. The van der Waals surface area contributed by atoms with Crippen molar-refractivity contribution in [2.45, 2.75) is 45.7 Å². The maximum Gasteiger partial charge on any atom is 0.0650 e. The molecule has 1 aliphatic rings. The average molecular weight is 407 g/mol. The van der Waals surface area contributed by atoms with Crippen molar-refractivity contribution in [2.24, 2.45) is 5.92 Å². The predicted octanol–water partition coefficient (Wildman–Crippen LogP) is 4.55. The molecule has 1 saturated heterocycles. The van der Waals surface area contributed by atoms with E-state index in [-0.39, 0.29) is 0 Å². The highest BCUT2D eigenvalue weighted by Crippen LogP contribution is 2.34. The fraction of sp³-hybridized carbons (Fsp3) is 0.625. The standard InChI is InChI=1S/C16H24ClIN2/c1-4-8-19-15-7-9-20(12(3)11(15)2)16-6-5-13(18)10-14(16)17/h5-6,10-12,15,19H,4,7-9H2,1-3H3. The number of anilines is 1. The van der Waals surface area contributed by atoms with Crippen molar-refractivity contribution in [1.82, 2.24) is 5.32 Å². The SMILES string of the molecule is CCCNC1CCN(c2ccc(I)cc2Cl)C(C)C1C. The van der Waals surface area contributed by atoms with Gasteiger partial charge in [0, 0.05) is 22.2 Å². The van der Waals surface area contributed by atoms with E-state index in [0.29, 0.717) is 18.0 Å². The number of hydrogen-bond acceptors (Lipinski definition) is 2. The fourth-order valence-corrected chi connectivity index (χ4v) is 4.00. The van der Waals surface area contributed by atoms with E-state index >= 15 is 0 Å². The molecule has 2 rings (SSSR count). The molecule has 0 saturated carbocycles. The first-order valence-corrected chi connectivity index (χ1v) is 8.95. The third kappa shape index (κ3) is 3.60. The molecule has 0 amide bonds. The predicted molar refractivity (Wildman–Crippen MR) is 96.8 cm³/mol. The van der Waals surface area contributed by atoms with Gasteiger partial charge in [-0.3, -0.25) is 0 Å². The summed E-state index contributed by atoms with van der Waals surface area (Å²) < 4.78 is 1.19. The van der Waals surface area contributed by atoms with Crippen LogP contribution >= 0.6 is 34.2 Å². The number of hydrogen-bond donors (Lipinski definition) is 1. The van der Waals surface area contributed by atoms with Gasteiger partial charge in [0.2, 0.25) is 0 Å². The lowest BCUT2D eigenvalue weighted by molar-refractivity contribution is 0.271. The van der Waals surface area contributed by atoms with Crippen LogP contribution in [-0.4, -0.2) is 25.2 Å². The van der Waals surface area contributed by atoms with Crippen molar-refractivity contribution >= 4 is 39.9 Å². The van der Waals surface area contributed by atoms with Crippen LogP contribution in [0.2, 0.25) is 5.02 Å². The van der Waals surface area contributed by atoms with Crippen LogP contribution in [0.5, 0.6) is 0 Å². The van der Waals surface area contributed by atoms with Crippen LogP contribution in [0.1, 0.15) is 33.6 Å². The molecule has 3 atom stereocenters. The van der Waals surface area contributed by atoms with Gasteiger partial charge in [-0.2, -0.15) is 0 Å². The quantitative estimate of drug-likeness (QED) is 0.738. The van der Waals surface area contributed by atoms with Crippen molar-refractivity contribution in [3.63, 3.8) is 0 Å². The Morgan fingerprint density at radius 3 is 2.80 bits per heavy atom. The second-order valence-electron chi connectivity index (χ2n) is 5.74. The van der Waals surface area contributed by atoms with Gasteiger partial charge in [-0.1, -0.05) is 25.4 Å². The van der Waals surface area contributed by atoms with Crippen LogP contribution in [0.15, 0.2) is 18.2 Å². The molecule has 2 nitrogen and oxygen atoms in total. The zero-order chi connectivity index (χ0) is 14.7. The molecule has 1 aromatic carbocycles. The second kappa shape index (κ2) is 7.32. The normalized spacial score (nSPS) is 26.9. The summed E-state index contributed by atoms with van der Waals surface area (Å²) in [4.78, 5) is 2.47. The van der Waals surface area contributed by atoms with E-state index in [0.717, 1.165) is 18.1 Å². The highest BCUT2D eigenvalue weighted by molar-refractivity contribution is 14.1. The van der Waals surface area contributed by atoms with Crippen LogP contribution in [0, 0.1) is 9.49 Å². The van der Waals surface area contributed by atoms with Gasteiger partial charge < -0.3 is 10.2 Å². The van der Waals surface area contributed by atoms with Crippen molar-refractivity contribution in [3.05, 3.63) is 26.8 Å². The monoisotopic (exact) mass is 406 g/mol. The molecule has 1 heterocycles. The van der Waals surface area contributed by atoms with E-state index in [4.69, 9.17) is 11.6 Å². The third-order valence-corrected chi connectivity index (χ3v) is 5.42. The first kappa shape index (κ1) is 16.4. The van der Waals surface area contributed by atoms with Gasteiger partial charge in [0.25, 0.3) is 0 Å². The van der Waals surface area contributed by atoms with Crippen molar-refractivity contribution in [2.75, 3.05) is 18.0 Å². The molecule has 1 fully saturated rings. The van der Waals surface area contributed by atoms with Gasteiger partial charge >= 0.3 is 0 Å². The Labute approximate surface area is 141 Å². The minimum Gasteiger partial charge on any atom is -0.367 e. The summed E-state index contributed by atoms with van der Waals surface area (Å²) in [5.41, 5.74) is 1.18. The maximum absolute atomic E-state index is 6.43. The molecule has 0 aliphatic carbocycles. The van der Waals surface area contributed by atoms with E-state index in [1.54, 1.807) is 0 Å². The van der Waals surface area contributed by atoms with Crippen molar-refractivity contribution < 1.29 is 0 Å². The number of rotatable bonds is 4. The van der Waals surface area contributed by atoms with Gasteiger partial charge in [0.05, 0.1) is 10.7 Å². The number of nitrogens with zero attached hydrogens (tertiary/aromatic N) is 1. The lowest BCUT2D eigenvalue weighted by Gasteiger charge is -2.44. The van der Waals surface area contributed by atoms with E-state index in [1.165, 1.54) is 22.1 Å². The van der Waals surface area contributed by atoms with E-state index in [1.807, 2.05) is 0 Å². The van der Waals surface area contributed by atoms with Crippen LogP contribution < -0.4 is 10.2 Å². The molecule has 0 spiro atoms. The number of nitrogens with one attached hydrogen (secondary N) is 1. The molecule has 0 aromatic heterocycles. The Morgan fingerprint density at radius 2 is 2.15 bits per heavy atom. The summed E-state index contributed by atoms with van der Waals surface area (Å²) in [6, 6.07) is 7.49. The van der Waals surface area contributed by atoms with Gasteiger partial charge in [-0.15, -0.1) is 0 Å². The van der Waals surface area contributed by atoms with Gasteiger partial charge in [0.15, 0.2) is 0 Å². The topological polar surface area (TPSA) is 15.3 Å². The minimum atomic E-state index is 0.510. The molecular weight excluding hydrogens is 383 g/mol. The molecule has 1 aromatic rings. The highest BCUT2D eigenvalue weighted by atomic mass is 127. The van der Waals surface area contributed by atoms with Crippen LogP contribution in [-0.2, 0) is 0 Å². The summed E-state index contributed by atoms with van der Waals surface area (Å²) in [6.45, 7) is 9.09. The molecule has 0 bridgehead atoms. The van der Waals surface area contributed by atoms with Crippen LogP contribution in [0.4, 0.5) is 5.69 Å². The summed E-state index contributed by atoms with van der Waals surface area (Å²) in [5, 5.41) is 4.56. The summed E-state index contributed by atoms with van der Waals surface area (Å²) in [5.74, 6) is 0.630. The molecule has 1 N–H and O–H groups in total. The molecule has 112 valence electrons. The number of benzene rings is 1. The fourth-order valence-electron chi connectivity index (χ4n) is 3.04. The minimum absolute atomic E-state index is 0.510. The van der Waals surface area contributed by atoms with Gasteiger partial charge in [-0.05, 0) is 73.0 Å².